The summed E-state index contributed by atoms with van der Waals surface area (Å²) in [6.45, 7) is 2.64. The zero-order valence-corrected chi connectivity index (χ0v) is 12.9. The maximum absolute atomic E-state index is 4.39. The number of nitrogens with zero attached hydrogens (tertiary/aromatic N) is 9. The van der Waals surface area contributed by atoms with Crippen molar-refractivity contribution in [3.63, 3.8) is 0 Å². The van der Waals surface area contributed by atoms with Gasteiger partial charge >= 0.3 is 0 Å². The largest absolute Gasteiger partial charge is 0.354 e. The Labute approximate surface area is 127 Å². The predicted octanol–water partition coefficient (Wildman–Crippen LogP) is 0.442. The maximum atomic E-state index is 4.39. The summed E-state index contributed by atoms with van der Waals surface area (Å²) < 4.78 is 3.60. The van der Waals surface area contributed by atoms with Crippen LogP contribution in [-0.2, 0) is 7.05 Å². The Bertz CT molecular complexity index is 730. The van der Waals surface area contributed by atoms with Crippen molar-refractivity contribution in [3.05, 3.63) is 17.3 Å². The first-order valence-electron chi connectivity index (χ1n) is 6.09. The van der Waals surface area contributed by atoms with Crippen molar-refractivity contribution in [1.29, 1.82) is 0 Å². The van der Waals surface area contributed by atoms with Crippen molar-refractivity contribution in [1.82, 2.24) is 44.7 Å². The number of rotatable bonds is 4. The summed E-state index contributed by atoms with van der Waals surface area (Å²) in [4.78, 5) is 17.0. The Morgan fingerprint density at radius 2 is 2.14 bits per heavy atom. The molecule has 108 valence electrons. The summed E-state index contributed by atoms with van der Waals surface area (Å²) in [5, 5.41) is 15.0. The minimum atomic E-state index is 0.363. The second kappa shape index (κ2) is 5.52. The molecule has 0 aromatic carbocycles. The molecule has 0 bridgehead atoms. The van der Waals surface area contributed by atoms with E-state index in [2.05, 4.69) is 56.6 Å². The first kappa shape index (κ1) is 13.5. The molecule has 0 spiro atoms. The van der Waals surface area contributed by atoms with Crippen LogP contribution in [0.1, 0.15) is 6.92 Å². The summed E-state index contributed by atoms with van der Waals surface area (Å²) in [5.41, 5.74) is 0.651. The molecule has 10 nitrogen and oxygen atoms in total. The van der Waals surface area contributed by atoms with Crippen molar-refractivity contribution in [2.75, 3.05) is 11.9 Å². The summed E-state index contributed by atoms with van der Waals surface area (Å²) in [6.07, 6.45) is 2.93. The highest BCUT2D eigenvalue weighted by atomic mass is 79.9. The average Bonchev–Trinajstić information content (AvgIpc) is 3.09. The van der Waals surface area contributed by atoms with Crippen molar-refractivity contribution < 1.29 is 0 Å². The van der Waals surface area contributed by atoms with Crippen LogP contribution in [0.25, 0.3) is 17.5 Å². The van der Waals surface area contributed by atoms with Crippen LogP contribution >= 0.6 is 15.9 Å². The van der Waals surface area contributed by atoms with Gasteiger partial charge in [0.1, 0.15) is 18.3 Å². The standard InChI is InChI=1S/C10H11BrN10/c1-3-13-9-15-8(6-7(11)18-19-20(6)2)16-10(17-9)21-5-12-4-14-21/h4-5H,3H2,1-2H3,(H,13,15,16,17). The van der Waals surface area contributed by atoms with Gasteiger partial charge in [0, 0.05) is 13.6 Å². The number of aromatic nitrogens is 9. The first-order valence-corrected chi connectivity index (χ1v) is 6.89. The van der Waals surface area contributed by atoms with E-state index in [1.54, 1.807) is 11.7 Å². The van der Waals surface area contributed by atoms with Crippen LogP contribution in [0.15, 0.2) is 17.3 Å². The first-order chi connectivity index (χ1) is 10.2. The molecule has 3 aromatic rings. The molecule has 0 aliphatic heterocycles. The quantitative estimate of drug-likeness (QED) is 0.721. The number of hydrogen-bond acceptors (Lipinski definition) is 8. The molecule has 0 unspecified atom stereocenters. The Morgan fingerprint density at radius 3 is 2.76 bits per heavy atom. The molecule has 21 heavy (non-hydrogen) atoms. The van der Waals surface area contributed by atoms with Gasteiger partial charge in [0.15, 0.2) is 10.4 Å². The Hall–Kier alpha value is -2.43. The highest BCUT2D eigenvalue weighted by Crippen LogP contribution is 2.23. The molecule has 0 aliphatic carbocycles. The molecule has 0 aliphatic rings. The van der Waals surface area contributed by atoms with Crippen LogP contribution < -0.4 is 5.32 Å². The lowest BCUT2D eigenvalue weighted by molar-refractivity contribution is 0.714. The fourth-order valence-corrected chi connectivity index (χ4v) is 2.20. The van der Waals surface area contributed by atoms with E-state index in [0.29, 0.717) is 34.6 Å². The van der Waals surface area contributed by atoms with Crippen LogP contribution in [0.3, 0.4) is 0 Å². The van der Waals surface area contributed by atoms with Crippen molar-refractivity contribution >= 4 is 21.9 Å². The van der Waals surface area contributed by atoms with E-state index in [-0.39, 0.29) is 0 Å². The van der Waals surface area contributed by atoms with Crippen molar-refractivity contribution in [3.8, 4) is 17.5 Å². The number of aryl methyl sites for hydroxylation is 1. The molecule has 3 rings (SSSR count). The number of nitrogens with one attached hydrogen (secondary N) is 1. The highest BCUT2D eigenvalue weighted by molar-refractivity contribution is 9.10. The second-order valence-corrected chi connectivity index (χ2v) is 4.76. The van der Waals surface area contributed by atoms with Gasteiger partial charge in [-0.05, 0) is 22.9 Å². The molecule has 3 aromatic heterocycles. The van der Waals surface area contributed by atoms with Gasteiger partial charge in [-0.15, -0.1) is 5.10 Å². The van der Waals surface area contributed by atoms with Gasteiger partial charge < -0.3 is 5.32 Å². The monoisotopic (exact) mass is 350 g/mol. The minimum Gasteiger partial charge on any atom is -0.354 e. The Balaban J connectivity index is 2.16. The average molecular weight is 351 g/mol. The van der Waals surface area contributed by atoms with Gasteiger partial charge in [0.05, 0.1) is 0 Å². The Kier molecular flexibility index (Phi) is 3.56. The molecule has 11 heteroatoms. The third-order valence-corrected chi connectivity index (χ3v) is 3.11. The van der Waals surface area contributed by atoms with E-state index in [0.717, 1.165) is 0 Å². The van der Waals surface area contributed by atoms with Crippen LogP contribution in [0.2, 0.25) is 0 Å². The topological polar surface area (TPSA) is 112 Å². The molecule has 0 atom stereocenters. The Morgan fingerprint density at radius 1 is 1.29 bits per heavy atom. The molecular formula is C10H11BrN10. The SMILES string of the molecule is CCNc1nc(-c2c(Br)nnn2C)nc(-n2cncn2)n1. The molecule has 0 fully saturated rings. The van der Waals surface area contributed by atoms with Crippen LogP contribution in [-0.4, -0.2) is 51.3 Å². The molecule has 0 saturated carbocycles. The number of hydrogen-bond donors (Lipinski definition) is 1. The van der Waals surface area contributed by atoms with Gasteiger partial charge in [0.25, 0.3) is 5.95 Å². The van der Waals surface area contributed by atoms with Crippen molar-refractivity contribution in [2.45, 2.75) is 6.92 Å². The normalized spacial score (nSPS) is 10.8. The van der Waals surface area contributed by atoms with E-state index >= 15 is 0 Å². The summed E-state index contributed by atoms with van der Waals surface area (Å²) in [5.74, 6) is 1.24. The van der Waals surface area contributed by atoms with E-state index < -0.39 is 0 Å². The minimum absolute atomic E-state index is 0.363. The second-order valence-electron chi connectivity index (χ2n) is 4.01. The lowest BCUT2D eigenvalue weighted by Gasteiger charge is -2.07. The molecule has 1 N–H and O–H groups in total. The van der Waals surface area contributed by atoms with E-state index in [1.807, 2.05) is 6.92 Å². The van der Waals surface area contributed by atoms with Crippen molar-refractivity contribution in [2.24, 2.45) is 7.05 Å². The zero-order chi connectivity index (χ0) is 14.8. The lowest BCUT2D eigenvalue weighted by Crippen LogP contribution is -2.11. The van der Waals surface area contributed by atoms with Gasteiger partial charge in [0.2, 0.25) is 5.95 Å². The molecule has 0 amide bonds. The number of halogens is 1. The number of anilines is 1. The third kappa shape index (κ3) is 2.59. The fraction of sp³-hybridized carbons (Fsp3) is 0.300. The van der Waals surface area contributed by atoms with E-state index in [1.165, 1.54) is 17.3 Å². The highest BCUT2D eigenvalue weighted by Gasteiger charge is 2.17. The van der Waals surface area contributed by atoms with Crippen LogP contribution in [0, 0.1) is 0 Å². The summed E-state index contributed by atoms with van der Waals surface area (Å²) >= 11 is 3.34. The lowest BCUT2D eigenvalue weighted by atomic mass is 10.4. The maximum Gasteiger partial charge on any atom is 0.257 e. The van der Waals surface area contributed by atoms with Gasteiger partial charge in [-0.2, -0.15) is 24.7 Å². The summed E-state index contributed by atoms with van der Waals surface area (Å²) in [6, 6.07) is 0. The zero-order valence-electron chi connectivity index (χ0n) is 11.3. The van der Waals surface area contributed by atoms with Crippen LogP contribution in [0.4, 0.5) is 5.95 Å². The third-order valence-electron chi connectivity index (χ3n) is 2.58. The molecule has 0 radical (unpaired) electrons. The van der Waals surface area contributed by atoms with Gasteiger partial charge in [-0.1, -0.05) is 5.21 Å². The van der Waals surface area contributed by atoms with E-state index in [4.69, 9.17) is 0 Å². The molecule has 0 saturated heterocycles. The molecule has 3 heterocycles. The van der Waals surface area contributed by atoms with E-state index in [9.17, 15) is 0 Å². The van der Waals surface area contributed by atoms with Gasteiger partial charge in [-0.25, -0.2) is 9.67 Å². The smallest absolute Gasteiger partial charge is 0.257 e. The molecular weight excluding hydrogens is 340 g/mol. The van der Waals surface area contributed by atoms with Gasteiger partial charge in [-0.3, -0.25) is 0 Å². The van der Waals surface area contributed by atoms with Crippen LogP contribution in [0.5, 0.6) is 0 Å². The predicted molar refractivity (Wildman–Crippen MR) is 76.6 cm³/mol. The fourth-order valence-electron chi connectivity index (χ4n) is 1.69. The summed E-state index contributed by atoms with van der Waals surface area (Å²) in [7, 11) is 1.76.